The van der Waals surface area contributed by atoms with Crippen molar-refractivity contribution in [3.63, 3.8) is 0 Å². The zero-order chi connectivity index (χ0) is 14.4. The first-order chi connectivity index (χ1) is 8.91. The van der Waals surface area contributed by atoms with E-state index in [1.807, 2.05) is 6.92 Å². The van der Waals surface area contributed by atoms with Crippen LogP contribution in [0.4, 0.5) is 5.82 Å². The molecular formula is C13H23N3O2S. The molecule has 2 unspecified atom stereocenters. The molecule has 0 amide bonds. The van der Waals surface area contributed by atoms with E-state index in [-0.39, 0.29) is 10.8 Å². The largest absolute Gasteiger partial charge is 0.365 e. The molecule has 0 spiro atoms. The molecule has 1 N–H and O–H groups in total. The van der Waals surface area contributed by atoms with E-state index in [0.29, 0.717) is 24.8 Å². The molecule has 0 fully saturated rings. The van der Waals surface area contributed by atoms with Gasteiger partial charge >= 0.3 is 0 Å². The molecule has 6 heteroatoms. The van der Waals surface area contributed by atoms with E-state index in [2.05, 4.69) is 24.1 Å². The zero-order valence-corrected chi connectivity index (χ0v) is 12.9. The maximum Gasteiger partial charge on any atom is 0.293 e. The summed E-state index contributed by atoms with van der Waals surface area (Å²) in [6.07, 6.45) is 5.79. The molecular weight excluding hydrogens is 262 g/mol. The first-order valence-corrected chi connectivity index (χ1v) is 8.15. The second-order valence-electron chi connectivity index (χ2n) is 5.15. The third-order valence-electron chi connectivity index (χ3n) is 2.89. The summed E-state index contributed by atoms with van der Waals surface area (Å²) >= 11 is 0. The molecule has 19 heavy (non-hydrogen) atoms. The van der Waals surface area contributed by atoms with Crippen molar-refractivity contribution in [3.8, 4) is 0 Å². The molecule has 0 bridgehead atoms. The van der Waals surface area contributed by atoms with Crippen molar-refractivity contribution in [1.82, 2.24) is 9.55 Å². The normalized spacial score (nSPS) is 14.4. The van der Waals surface area contributed by atoms with E-state index in [1.54, 1.807) is 23.2 Å². The molecule has 0 aliphatic heterocycles. The number of hydrogen-bond donors (Lipinski definition) is 1. The van der Waals surface area contributed by atoms with Crippen molar-refractivity contribution >= 4 is 16.6 Å². The summed E-state index contributed by atoms with van der Waals surface area (Å²) in [6.45, 7) is 7.36. The summed E-state index contributed by atoms with van der Waals surface area (Å²) < 4.78 is 12.9. The first kappa shape index (κ1) is 15.9. The van der Waals surface area contributed by atoms with Gasteiger partial charge in [-0.3, -0.25) is 9.00 Å². The van der Waals surface area contributed by atoms with Gasteiger partial charge in [-0.15, -0.1) is 0 Å². The number of aromatic nitrogens is 2. The van der Waals surface area contributed by atoms with Crippen molar-refractivity contribution in [2.24, 2.45) is 5.92 Å². The molecule has 2 atom stereocenters. The van der Waals surface area contributed by atoms with Crippen molar-refractivity contribution in [3.05, 3.63) is 22.7 Å². The summed E-state index contributed by atoms with van der Waals surface area (Å²) in [4.78, 5) is 16.2. The number of nitrogens with zero attached hydrogens (tertiary/aromatic N) is 2. The Balaban J connectivity index is 2.64. The predicted octanol–water partition coefficient (Wildman–Crippen LogP) is 1.47. The second kappa shape index (κ2) is 7.43. The minimum atomic E-state index is -0.829. The average Bonchev–Trinajstić information content (AvgIpc) is 2.32. The van der Waals surface area contributed by atoms with Gasteiger partial charge in [0.2, 0.25) is 0 Å². The van der Waals surface area contributed by atoms with Gasteiger partial charge in [-0.05, 0) is 12.3 Å². The summed E-state index contributed by atoms with van der Waals surface area (Å²) in [7, 11) is -0.829. The maximum absolute atomic E-state index is 12.1. The Hall–Kier alpha value is -1.17. The lowest BCUT2D eigenvalue weighted by atomic mass is 10.2. The number of nitrogens with one attached hydrogen (secondary N) is 1. The molecule has 5 nitrogen and oxygen atoms in total. The van der Waals surface area contributed by atoms with Crippen LogP contribution in [0.5, 0.6) is 0 Å². The fourth-order valence-corrected chi connectivity index (χ4v) is 2.12. The third-order valence-corrected chi connectivity index (χ3v) is 4.25. The Morgan fingerprint density at radius 2 is 2.11 bits per heavy atom. The van der Waals surface area contributed by atoms with Crippen LogP contribution in [-0.4, -0.2) is 31.8 Å². The van der Waals surface area contributed by atoms with Crippen molar-refractivity contribution in [2.45, 2.75) is 39.0 Å². The maximum atomic E-state index is 12.1. The van der Waals surface area contributed by atoms with Crippen LogP contribution in [0.15, 0.2) is 17.2 Å². The van der Waals surface area contributed by atoms with E-state index >= 15 is 0 Å². The van der Waals surface area contributed by atoms with E-state index in [0.717, 1.165) is 6.42 Å². The fourth-order valence-electron chi connectivity index (χ4n) is 1.67. The van der Waals surface area contributed by atoms with Crippen LogP contribution in [0.25, 0.3) is 0 Å². The minimum absolute atomic E-state index is 0.0959. The molecule has 1 heterocycles. The van der Waals surface area contributed by atoms with Gasteiger partial charge in [0, 0.05) is 47.8 Å². The van der Waals surface area contributed by atoms with Crippen molar-refractivity contribution in [1.29, 1.82) is 0 Å². The Bertz CT molecular complexity index is 485. The minimum Gasteiger partial charge on any atom is -0.365 e. The molecule has 0 aromatic carbocycles. The number of rotatable bonds is 7. The first-order valence-electron chi connectivity index (χ1n) is 6.53. The highest BCUT2D eigenvalue weighted by atomic mass is 32.2. The monoisotopic (exact) mass is 285 g/mol. The molecule has 0 aliphatic carbocycles. The average molecular weight is 285 g/mol. The van der Waals surface area contributed by atoms with Crippen LogP contribution in [0, 0.1) is 5.92 Å². The SMILES string of the molecule is CC(C)Cn1ccnc(NCCC(C)S(C)=O)c1=O. The molecule has 1 rings (SSSR count). The topological polar surface area (TPSA) is 64.0 Å². The van der Waals surface area contributed by atoms with E-state index in [1.165, 1.54) is 0 Å². The molecule has 1 aromatic heterocycles. The Morgan fingerprint density at radius 1 is 1.42 bits per heavy atom. The van der Waals surface area contributed by atoms with Gasteiger partial charge < -0.3 is 9.88 Å². The predicted molar refractivity (Wildman–Crippen MR) is 80.0 cm³/mol. The smallest absolute Gasteiger partial charge is 0.293 e. The molecule has 0 saturated carbocycles. The Morgan fingerprint density at radius 3 is 2.68 bits per heavy atom. The fraction of sp³-hybridized carbons (Fsp3) is 0.692. The zero-order valence-electron chi connectivity index (χ0n) is 12.0. The van der Waals surface area contributed by atoms with Crippen molar-refractivity contribution in [2.75, 3.05) is 18.1 Å². The molecule has 1 aromatic rings. The summed E-state index contributed by atoms with van der Waals surface area (Å²) in [5.41, 5.74) is -0.0959. The molecule has 0 saturated heterocycles. The molecule has 108 valence electrons. The lowest BCUT2D eigenvalue weighted by Crippen LogP contribution is -2.27. The lowest BCUT2D eigenvalue weighted by Gasteiger charge is -2.12. The molecule has 0 aliphatic rings. The lowest BCUT2D eigenvalue weighted by molar-refractivity contribution is 0.509. The quantitative estimate of drug-likeness (QED) is 0.824. The molecule has 0 radical (unpaired) electrons. The van der Waals surface area contributed by atoms with Crippen LogP contribution in [0.1, 0.15) is 27.2 Å². The van der Waals surface area contributed by atoms with Gasteiger partial charge in [0.15, 0.2) is 5.82 Å². The van der Waals surface area contributed by atoms with E-state index in [9.17, 15) is 9.00 Å². The van der Waals surface area contributed by atoms with Gasteiger partial charge in [-0.1, -0.05) is 20.8 Å². The highest BCUT2D eigenvalue weighted by Crippen LogP contribution is 2.01. The van der Waals surface area contributed by atoms with Gasteiger partial charge in [-0.25, -0.2) is 4.98 Å². The Kier molecular flexibility index (Phi) is 6.21. The number of hydrogen-bond acceptors (Lipinski definition) is 4. The summed E-state index contributed by atoms with van der Waals surface area (Å²) in [5, 5.41) is 3.15. The second-order valence-corrected chi connectivity index (χ2v) is 6.95. The van der Waals surface area contributed by atoms with Crippen LogP contribution in [0.3, 0.4) is 0 Å². The van der Waals surface area contributed by atoms with Crippen molar-refractivity contribution < 1.29 is 4.21 Å². The highest BCUT2D eigenvalue weighted by molar-refractivity contribution is 7.84. The van der Waals surface area contributed by atoms with Gasteiger partial charge in [-0.2, -0.15) is 0 Å². The van der Waals surface area contributed by atoms with Crippen LogP contribution in [-0.2, 0) is 17.3 Å². The highest BCUT2D eigenvalue weighted by Gasteiger charge is 2.08. The van der Waals surface area contributed by atoms with Gasteiger partial charge in [0.05, 0.1) is 0 Å². The van der Waals surface area contributed by atoms with Crippen LogP contribution in [0.2, 0.25) is 0 Å². The number of anilines is 1. The van der Waals surface area contributed by atoms with Gasteiger partial charge in [0.25, 0.3) is 5.56 Å². The van der Waals surface area contributed by atoms with Crippen LogP contribution < -0.4 is 10.9 Å². The third kappa shape index (κ3) is 5.14. The summed E-state index contributed by atoms with van der Waals surface area (Å²) in [6, 6.07) is 0. The van der Waals surface area contributed by atoms with E-state index < -0.39 is 10.8 Å². The standard InChI is InChI=1S/C13H23N3O2S/c1-10(2)9-16-8-7-15-12(13(16)17)14-6-5-11(3)19(4)18/h7-8,10-11H,5-6,9H2,1-4H3,(H,14,15). The van der Waals surface area contributed by atoms with E-state index in [4.69, 9.17) is 0 Å². The summed E-state index contributed by atoms with van der Waals surface area (Å²) in [5.74, 6) is 0.785. The van der Waals surface area contributed by atoms with Gasteiger partial charge in [0.1, 0.15) is 0 Å². The Labute approximate surface area is 116 Å². The van der Waals surface area contributed by atoms with Crippen LogP contribution >= 0.6 is 0 Å².